The molecular weight excluding hydrogens is 331 g/mol. The fourth-order valence-electron chi connectivity index (χ4n) is 3.72. The average molecular weight is 365 g/mol. The Kier molecular flexibility index (Phi) is 9.14. The van der Waals surface area contributed by atoms with Crippen molar-refractivity contribution in [1.82, 2.24) is 19.6 Å². The lowest BCUT2D eigenvalue weighted by atomic mass is 9.91. The molecule has 2 atom stereocenters. The van der Waals surface area contributed by atoms with Gasteiger partial charge in [-0.3, -0.25) is 9.58 Å². The average Bonchev–Trinajstić information content (AvgIpc) is 2.95. The second-order valence-corrected chi connectivity index (χ2v) is 7.10. The standard InChI is InChI=1S/C17H32N4.2ClH/c1-8-21-14(5)16(13(4)18-21)10-20-9-15(12(2)3)17(11-20)19(6)7;;/h12,15,17H,8-11H2,1-7H3;2*1H/t15-,17+;;/m1../s1. The number of likely N-dealkylation sites (N-methyl/N-ethyl adjacent to an activating group) is 1. The molecule has 0 saturated carbocycles. The number of rotatable bonds is 5. The van der Waals surface area contributed by atoms with Crippen LogP contribution in [0.15, 0.2) is 0 Å². The summed E-state index contributed by atoms with van der Waals surface area (Å²) in [5.74, 6) is 1.50. The lowest BCUT2D eigenvalue weighted by Crippen LogP contribution is -2.37. The summed E-state index contributed by atoms with van der Waals surface area (Å²) in [6, 6.07) is 0.673. The fourth-order valence-corrected chi connectivity index (χ4v) is 3.72. The first-order valence-corrected chi connectivity index (χ1v) is 8.26. The number of halogens is 2. The van der Waals surface area contributed by atoms with Gasteiger partial charge in [-0.25, -0.2) is 0 Å². The molecule has 2 heterocycles. The van der Waals surface area contributed by atoms with Crippen LogP contribution in [0.25, 0.3) is 0 Å². The zero-order chi connectivity index (χ0) is 15.7. The van der Waals surface area contributed by atoms with Gasteiger partial charge in [0.1, 0.15) is 0 Å². The van der Waals surface area contributed by atoms with Crippen LogP contribution in [0.3, 0.4) is 0 Å². The molecule has 2 rings (SSSR count). The molecule has 0 aromatic carbocycles. The highest BCUT2D eigenvalue weighted by atomic mass is 35.5. The van der Waals surface area contributed by atoms with Crippen molar-refractivity contribution in [3.63, 3.8) is 0 Å². The molecule has 0 amide bonds. The molecule has 0 N–H and O–H groups in total. The van der Waals surface area contributed by atoms with E-state index in [0.29, 0.717) is 6.04 Å². The summed E-state index contributed by atoms with van der Waals surface area (Å²) in [7, 11) is 4.43. The SMILES string of the molecule is CCn1nc(C)c(CN2C[C@H](C(C)C)[C@@H](N(C)C)C2)c1C.Cl.Cl. The van der Waals surface area contributed by atoms with Gasteiger partial charge in [0.2, 0.25) is 0 Å². The van der Waals surface area contributed by atoms with E-state index in [9.17, 15) is 0 Å². The first-order chi connectivity index (χ1) is 9.85. The van der Waals surface area contributed by atoms with Gasteiger partial charge in [0.15, 0.2) is 0 Å². The number of likely N-dealkylation sites (tertiary alicyclic amines) is 1. The highest BCUT2D eigenvalue weighted by molar-refractivity contribution is 5.85. The summed E-state index contributed by atoms with van der Waals surface area (Å²) in [5, 5.41) is 4.66. The lowest BCUT2D eigenvalue weighted by molar-refractivity contribution is 0.215. The van der Waals surface area contributed by atoms with Gasteiger partial charge >= 0.3 is 0 Å². The Labute approximate surface area is 154 Å². The van der Waals surface area contributed by atoms with Crippen LogP contribution in [0.1, 0.15) is 37.7 Å². The second kappa shape index (κ2) is 9.26. The minimum atomic E-state index is 0. The van der Waals surface area contributed by atoms with Crippen molar-refractivity contribution in [3.8, 4) is 0 Å². The van der Waals surface area contributed by atoms with E-state index >= 15 is 0 Å². The normalized spacial score (nSPS) is 21.6. The predicted octanol–water partition coefficient (Wildman–Crippen LogP) is 3.38. The van der Waals surface area contributed by atoms with Crippen LogP contribution >= 0.6 is 24.8 Å². The molecule has 4 nitrogen and oxygen atoms in total. The Morgan fingerprint density at radius 2 is 1.78 bits per heavy atom. The van der Waals surface area contributed by atoms with Crippen LogP contribution in [0.5, 0.6) is 0 Å². The van der Waals surface area contributed by atoms with Crippen molar-refractivity contribution in [2.45, 2.75) is 53.8 Å². The third-order valence-electron chi connectivity index (χ3n) is 5.14. The topological polar surface area (TPSA) is 24.3 Å². The smallest absolute Gasteiger partial charge is 0.0641 e. The zero-order valence-corrected chi connectivity index (χ0v) is 17.3. The van der Waals surface area contributed by atoms with Crippen LogP contribution < -0.4 is 0 Å². The zero-order valence-electron chi connectivity index (χ0n) is 15.7. The minimum Gasteiger partial charge on any atom is -0.305 e. The molecule has 1 aromatic heterocycles. The summed E-state index contributed by atoms with van der Waals surface area (Å²) in [5.41, 5.74) is 3.96. The van der Waals surface area contributed by atoms with E-state index in [0.717, 1.165) is 24.9 Å². The first kappa shape index (κ1) is 22.7. The second-order valence-electron chi connectivity index (χ2n) is 7.10. The summed E-state index contributed by atoms with van der Waals surface area (Å²) < 4.78 is 2.13. The lowest BCUT2D eigenvalue weighted by Gasteiger charge is -2.27. The van der Waals surface area contributed by atoms with E-state index in [-0.39, 0.29) is 24.8 Å². The number of nitrogens with zero attached hydrogens (tertiary/aromatic N) is 4. The maximum absolute atomic E-state index is 4.66. The molecule has 1 saturated heterocycles. The molecule has 0 unspecified atom stereocenters. The molecule has 23 heavy (non-hydrogen) atoms. The van der Waals surface area contributed by atoms with E-state index in [1.54, 1.807) is 0 Å². The number of aromatic nitrogens is 2. The first-order valence-electron chi connectivity index (χ1n) is 8.26. The fraction of sp³-hybridized carbons (Fsp3) is 0.824. The van der Waals surface area contributed by atoms with E-state index in [2.05, 4.69) is 68.3 Å². The highest BCUT2D eigenvalue weighted by Gasteiger charge is 2.36. The van der Waals surface area contributed by atoms with Crippen LogP contribution in [0, 0.1) is 25.7 Å². The Balaban J connectivity index is 0.00000242. The number of hydrogen-bond donors (Lipinski definition) is 0. The van der Waals surface area contributed by atoms with E-state index < -0.39 is 0 Å². The third kappa shape index (κ3) is 4.85. The van der Waals surface area contributed by atoms with Crippen molar-refractivity contribution in [1.29, 1.82) is 0 Å². The Bertz CT molecular complexity index is 469. The largest absolute Gasteiger partial charge is 0.305 e. The molecule has 1 fully saturated rings. The molecular formula is C17H34Cl2N4. The summed E-state index contributed by atoms with van der Waals surface area (Å²) in [4.78, 5) is 5.02. The van der Waals surface area contributed by atoms with Crippen molar-refractivity contribution in [2.24, 2.45) is 11.8 Å². The summed E-state index contributed by atoms with van der Waals surface area (Å²) in [6.45, 7) is 15.6. The van der Waals surface area contributed by atoms with E-state index in [1.807, 2.05) is 0 Å². The minimum absolute atomic E-state index is 0. The van der Waals surface area contributed by atoms with Crippen LogP contribution in [-0.2, 0) is 13.1 Å². The summed E-state index contributed by atoms with van der Waals surface area (Å²) >= 11 is 0. The molecule has 0 aliphatic carbocycles. The van der Waals surface area contributed by atoms with Gasteiger partial charge in [-0.2, -0.15) is 5.10 Å². The number of aryl methyl sites for hydroxylation is 2. The number of hydrogen-bond acceptors (Lipinski definition) is 3. The third-order valence-corrected chi connectivity index (χ3v) is 5.14. The van der Waals surface area contributed by atoms with Gasteiger partial charge in [0.05, 0.1) is 5.69 Å². The molecule has 0 bridgehead atoms. The quantitative estimate of drug-likeness (QED) is 0.800. The Morgan fingerprint density at radius 3 is 2.17 bits per heavy atom. The highest BCUT2D eigenvalue weighted by Crippen LogP contribution is 2.29. The van der Waals surface area contributed by atoms with Crippen molar-refractivity contribution < 1.29 is 0 Å². The van der Waals surface area contributed by atoms with Crippen molar-refractivity contribution in [3.05, 3.63) is 17.0 Å². The van der Waals surface area contributed by atoms with Crippen LogP contribution in [0.4, 0.5) is 0 Å². The molecule has 1 aromatic rings. The Morgan fingerprint density at radius 1 is 1.17 bits per heavy atom. The summed E-state index contributed by atoms with van der Waals surface area (Å²) in [6.07, 6.45) is 0. The van der Waals surface area contributed by atoms with Gasteiger partial charge in [-0.15, -0.1) is 24.8 Å². The monoisotopic (exact) mass is 364 g/mol. The molecule has 1 aliphatic rings. The van der Waals surface area contributed by atoms with Crippen molar-refractivity contribution in [2.75, 3.05) is 27.2 Å². The maximum atomic E-state index is 4.66. The van der Waals surface area contributed by atoms with Gasteiger partial charge in [-0.05, 0) is 46.7 Å². The predicted molar refractivity (Wildman–Crippen MR) is 103 cm³/mol. The van der Waals surface area contributed by atoms with Gasteiger partial charge < -0.3 is 4.90 Å². The molecule has 136 valence electrons. The molecule has 6 heteroatoms. The Hall–Kier alpha value is -0.290. The molecule has 0 radical (unpaired) electrons. The molecule has 1 aliphatic heterocycles. The van der Waals surface area contributed by atoms with Gasteiger partial charge in [0.25, 0.3) is 0 Å². The van der Waals surface area contributed by atoms with Gasteiger partial charge in [0, 0.05) is 43.5 Å². The van der Waals surface area contributed by atoms with Crippen molar-refractivity contribution >= 4 is 24.8 Å². The maximum Gasteiger partial charge on any atom is 0.0641 e. The van der Waals surface area contributed by atoms with Crippen LogP contribution in [0.2, 0.25) is 0 Å². The van der Waals surface area contributed by atoms with E-state index in [4.69, 9.17) is 0 Å². The molecule has 0 spiro atoms. The van der Waals surface area contributed by atoms with E-state index in [1.165, 1.54) is 30.0 Å². The van der Waals surface area contributed by atoms with Crippen LogP contribution in [-0.4, -0.2) is 52.8 Å². The van der Waals surface area contributed by atoms with Gasteiger partial charge in [-0.1, -0.05) is 13.8 Å².